The van der Waals surface area contributed by atoms with Crippen LogP contribution in [0.1, 0.15) is 11.1 Å². The molecule has 1 fully saturated rings. The van der Waals surface area contributed by atoms with Gasteiger partial charge in [-0.25, -0.2) is 9.18 Å². The van der Waals surface area contributed by atoms with Gasteiger partial charge in [-0.3, -0.25) is 9.69 Å². The predicted octanol–water partition coefficient (Wildman–Crippen LogP) is 4.08. The first-order chi connectivity index (χ1) is 13.5. The Morgan fingerprint density at radius 3 is 2.50 bits per heavy atom. The average molecular weight is 376 g/mol. The minimum Gasteiger partial charge on any atom is -0.488 e. The van der Waals surface area contributed by atoms with Crippen molar-refractivity contribution in [2.24, 2.45) is 0 Å². The number of hydrogen-bond donors (Lipinski definition) is 1. The molecule has 0 aromatic heterocycles. The fourth-order valence-electron chi connectivity index (χ4n) is 3.06. The number of nitrogens with zero attached hydrogens (tertiary/aromatic N) is 1. The normalized spacial score (nSPS) is 15.4. The maximum absolute atomic E-state index is 13.1. The molecule has 0 unspecified atom stereocenters. The molecule has 3 amide bonds. The highest BCUT2D eigenvalue weighted by Crippen LogP contribution is 2.31. The highest BCUT2D eigenvalue weighted by atomic mass is 19.1. The Hall–Kier alpha value is -3.67. The van der Waals surface area contributed by atoms with E-state index in [0.717, 1.165) is 21.2 Å². The van der Waals surface area contributed by atoms with E-state index in [1.807, 2.05) is 36.4 Å². The number of hydrogen-bond acceptors (Lipinski definition) is 3. The van der Waals surface area contributed by atoms with Crippen LogP contribution in [0, 0.1) is 5.82 Å². The molecule has 1 N–H and O–H groups in total. The van der Waals surface area contributed by atoms with Gasteiger partial charge in [0.25, 0.3) is 5.91 Å². The maximum atomic E-state index is 13.1. The Labute approximate surface area is 161 Å². The zero-order chi connectivity index (χ0) is 19.7. The fourth-order valence-corrected chi connectivity index (χ4v) is 3.06. The largest absolute Gasteiger partial charge is 0.488 e. The summed E-state index contributed by atoms with van der Waals surface area (Å²) >= 11 is 0. The number of halogens is 1. The third kappa shape index (κ3) is 3.32. The number of fused-ring (bicyclic) bond motifs is 1. The van der Waals surface area contributed by atoms with Crippen molar-refractivity contribution in [2.45, 2.75) is 6.61 Å². The Bertz CT molecular complexity index is 1110. The van der Waals surface area contributed by atoms with E-state index in [-0.39, 0.29) is 18.1 Å². The fraction of sp³-hybridized carbons (Fsp3) is 0.0909. The molecule has 3 aromatic rings. The molecule has 0 spiro atoms. The number of benzene rings is 3. The van der Waals surface area contributed by atoms with Crippen LogP contribution in [0.5, 0.6) is 5.75 Å². The lowest BCUT2D eigenvalue weighted by Gasteiger charge is -2.13. The zero-order valence-corrected chi connectivity index (χ0v) is 15.1. The van der Waals surface area contributed by atoms with E-state index >= 15 is 0 Å². The Kier molecular flexibility index (Phi) is 4.53. The number of amides is 3. The number of carbonyl (C=O) groups excluding carboxylic acids is 2. The van der Waals surface area contributed by atoms with Crippen molar-refractivity contribution < 1.29 is 18.7 Å². The van der Waals surface area contributed by atoms with Gasteiger partial charge in [-0.2, -0.15) is 0 Å². The molecule has 0 aliphatic carbocycles. The Balaban J connectivity index is 1.74. The molecule has 1 aliphatic heterocycles. The Morgan fingerprint density at radius 2 is 1.79 bits per heavy atom. The molecule has 0 bridgehead atoms. The quantitative estimate of drug-likeness (QED) is 0.551. The molecule has 140 valence electrons. The van der Waals surface area contributed by atoms with E-state index < -0.39 is 11.9 Å². The molecule has 6 heteroatoms. The van der Waals surface area contributed by atoms with E-state index in [1.165, 1.54) is 19.2 Å². The van der Waals surface area contributed by atoms with Gasteiger partial charge in [0.2, 0.25) is 0 Å². The lowest BCUT2D eigenvalue weighted by molar-refractivity contribution is -0.121. The van der Waals surface area contributed by atoms with Crippen molar-refractivity contribution in [1.82, 2.24) is 10.2 Å². The second kappa shape index (κ2) is 7.15. The lowest BCUT2D eigenvalue weighted by Crippen LogP contribution is -2.25. The van der Waals surface area contributed by atoms with Crippen molar-refractivity contribution in [1.29, 1.82) is 0 Å². The molecule has 1 saturated heterocycles. The molecule has 28 heavy (non-hydrogen) atoms. The van der Waals surface area contributed by atoms with Gasteiger partial charge in [-0.05, 0) is 40.6 Å². The summed E-state index contributed by atoms with van der Waals surface area (Å²) in [5, 5.41) is 4.45. The summed E-state index contributed by atoms with van der Waals surface area (Å²) in [6, 6.07) is 17.1. The topological polar surface area (TPSA) is 58.6 Å². The number of nitrogens with one attached hydrogen (secondary N) is 1. The summed E-state index contributed by atoms with van der Waals surface area (Å²) in [6.45, 7) is 0.245. The second-order valence-electron chi connectivity index (χ2n) is 6.47. The number of imide groups is 1. The van der Waals surface area contributed by atoms with Crippen LogP contribution in [0.4, 0.5) is 9.18 Å². The third-order valence-electron chi connectivity index (χ3n) is 4.61. The number of ether oxygens (including phenoxy) is 1. The summed E-state index contributed by atoms with van der Waals surface area (Å²) in [5.74, 6) is -0.144. The minimum absolute atomic E-state index is 0.190. The first-order valence-corrected chi connectivity index (χ1v) is 8.72. The highest BCUT2D eigenvalue weighted by Gasteiger charge is 2.30. The van der Waals surface area contributed by atoms with Crippen molar-refractivity contribution in [3.63, 3.8) is 0 Å². The van der Waals surface area contributed by atoms with E-state index in [0.29, 0.717) is 11.3 Å². The molecular weight excluding hydrogens is 359 g/mol. The zero-order valence-electron chi connectivity index (χ0n) is 15.1. The van der Waals surface area contributed by atoms with Gasteiger partial charge in [-0.1, -0.05) is 42.5 Å². The van der Waals surface area contributed by atoms with Gasteiger partial charge in [0.15, 0.2) is 0 Å². The van der Waals surface area contributed by atoms with Gasteiger partial charge in [0.05, 0.1) is 0 Å². The van der Waals surface area contributed by atoms with E-state index in [9.17, 15) is 14.0 Å². The summed E-state index contributed by atoms with van der Waals surface area (Å²) in [4.78, 5) is 25.1. The van der Waals surface area contributed by atoms with E-state index in [2.05, 4.69) is 5.32 Å². The van der Waals surface area contributed by atoms with Crippen molar-refractivity contribution in [3.05, 3.63) is 83.3 Å². The SMILES string of the molecule is CN1C(=O)N/C(=C\c2c(OCc3ccc(F)cc3)ccc3ccccc23)C1=O. The molecule has 1 heterocycles. The first-order valence-electron chi connectivity index (χ1n) is 8.72. The van der Waals surface area contributed by atoms with Crippen molar-refractivity contribution in [3.8, 4) is 5.75 Å². The van der Waals surface area contributed by atoms with Crippen LogP contribution in [0.2, 0.25) is 0 Å². The second-order valence-corrected chi connectivity index (χ2v) is 6.47. The standard InChI is InChI=1S/C22H17FN2O3/c1-25-21(26)19(24-22(25)27)12-18-17-5-3-2-4-15(17)8-11-20(18)28-13-14-6-9-16(23)10-7-14/h2-12H,13H2,1H3,(H,24,27)/b19-12-. The summed E-state index contributed by atoms with van der Waals surface area (Å²) in [5.41, 5.74) is 1.70. The number of likely N-dealkylation sites (N-methyl/N-ethyl adjacent to an activating group) is 1. The average Bonchev–Trinajstić information content (AvgIpc) is 2.95. The number of rotatable bonds is 4. The van der Waals surface area contributed by atoms with E-state index in [4.69, 9.17) is 4.74 Å². The molecule has 4 rings (SSSR count). The molecule has 0 radical (unpaired) electrons. The maximum Gasteiger partial charge on any atom is 0.328 e. The highest BCUT2D eigenvalue weighted by molar-refractivity contribution is 6.14. The molecule has 5 nitrogen and oxygen atoms in total. The summed E-state index contributed by atoms with van der Waals surface area (Å²) < 4.78 is 19.1. The minimum atomic E-state index is -0.467. The van der Waals surface area contributed by atoms with Gasteiger partial charge in [0.1, 0.15) is 23.9 Å². The van der Waals surface area contributed by atoms with Crippen LogP contribution in [-0.4, -0.2) is 23.9 Å². The molecular formula is C22H17FN2O3. The molecule has 1 aliphatic rings. The Morgan fingerprint density at radius 1 is 1.04 bits per heavy atom. The van der Waals surface area contributed by atoms with Crippen LogP contribution in [0.15, 0.2) is 66.4 Å². The van der Waals surface area contributed by atoms with Gasteiger partial charge < -0.3 is 10.1 Å². The monoisotopic (exact) mass is 376 g/mol. The van der Waals surface area contributed by atoms with Crippen LogP contribution in [-0.2, 0) is 11.4 Å². The van der Waals surface area contributed by atoms with Gasteiger partial charge in [-0.15, -0.1) is 0 Å². The molecule has 0 atom stereocenters. The number of urea groups is 1. The van der Waals surface area contributed by atoms with Gasteiger partial charge in [0, 0.05) is 12.6 Å². The molecule has 0 saturated carbocycles. The summed E-state index contributed by atoms with van der Waals surface area (Å²) in [6.07, 6.45) is 1.63. The van der Waals surface area contributed by atoms with Crippen LogP contribution >= 0.6 is 0 Å². The van der Waals surface area contributed by atoms with E-state index in [1.54, 1.807) is 18.2 Å². The predicted molar refractivity (Wildman–Crippen MR) is 104 cm³/mol. The van der Waals surface area contributed by atoms with Gasteiger partial charge >= 0.3 is 6.03 Å². The first kappa shape index (κ1) is 17.7. The smallest absolute Gasteiger partial charge is 0.328 e. The third-order valence-corrected chi connectivity index (χ3v) is 4.61. The van der Waals surface area contributed by atoms with Crippen molar-refractivity contribution >= 4 is 28.8 Å². The summed E-state index contributed by atoms with van der Waals surface area (Å²) in [7, 11) is 1.42. The van der Waals surface area contributed by atoms with Crippen LogP contribution in [0.3, 0.4) is 0 Å². The lowest BCUT2D eigenvalue weighted by atomic mass is 10.0. The van der Waals surface area contributed by atoms with Crippen LogP contribution < -0.4 is 10.1 Å². The number of carbonyl (C=O) groups is 2. The molecule has 3 aromatic carbocycles. The van der Waals surface area contributed by atoms with Crippen molar-refractivity contribution in [2.75, 3.05) is 7.05 Å². The van der Waals surface area contributed by atoms with Crippen LogP contribution in [0.25, 0.3) is 16.8 Å².